The van der Waals surface area contributed by atoms with Gasteiger partial charge >= 0.3 is 11.9 Å². The molecule has 13 heteroatoms. The van der Waals surface area contributed by atoms with Crippen molar-refractivity contribution in [1.29, 1.82) is 0 Å². The van der Waals surface area contributed by atoms with E-state index in [1.165, 1.54) is 25.7 Å². The molecule has 40 heavy (non-hydrogen) atoms. The van der Waals surface area contributed by atoms with E-state index < -0.39 is 18.4 Å². The summed E-state index contributed by atoms with van der Waals surface area (Å²) >= 11 is 6.30. The van der Waals surface area contributed by atoms with Crippen molar-refractivity contribution in [2.45, 2.75) is 76.4 Å². The Morgan fingerprint density at radius 3 is 2.20 bits per heavy atom. The molecule has 2 fully saturated rings. The number of hydrogen-bond acceptors (Lipinski definition) is 10. The third-order valence-electron chi connectivity index (χ3n) is 6.85. The van der Waals surface area contributed by atoms with Gasteiger partial charge in [0.25, 0.3) is 0 Å². The van der Waals surface area contributed by atoms with Crippen molar-refractivity contribution in [3.8, 4) is 5.75 Å². The third-order valence-corrected chi connectivity index (χ3v) is 7.14. The minimum Gasteiger partial charge on any atom is -0.495 e. The van der Waals surface area contributed by atoms with E-state index in [4.69, 9.17) is 36.5 Å². The van der Waals surface area contributed by atoms with Crippen LogP contribution in [0.2, 0.25) is 5.02 Å². The number of nitrogens with zero attached hydrogens (tertiary/aromatic N) is 4. The van der Waals surface area contributed by atoms with Crippen LogP contribution in [0.5, 0.6) is 5.75 Å². The fraction of sp³-hybridized carbons (Fsp3) is 0.593. The van der Waals surface area contributed by atoms with Crippen LogP contribution in [-0.2, 0) is 16.1 Å². The molecule has 4 rings (SSSR count). The summed E-state index contributed by atoms with van der Waals surface area (Å²) in [6, 6.07) is 6.46. The van der Waals surface area contributed by atoms with Crippen LogP contribution in [0.1, 0.15) is 63.6 Å². The molecule has 2 aromatic rings. The number of carboxylic acids is 2. The van der Waals surface area contributed by atoms with Crippen LogP contribution in [0, 0.1) is 0 Å². The summed E-state index contributed by atoms with van der Waals surface area (Å²) in [5.74, 6) is -0.0968. The first-order valence-electron chi connectivity index (χ1n) is 13.7. The number of methoxy groups -OCH3 is 1. The van der Waals surface area contributed by atoms with Gasteiger partial charge in [0.05, 0.1) is 18.7 Å². The van der Waals surface area contributed by atoms with Crippen molar-refractivity contribution >= 4 is 41.1 Å². The summed E-state index contributed by atoms with van der Waals surface area (Å²) in [7, 11) is 3.78. The molecule has 2 aliphatic rings. The van der Waals surface area contributed by atoms with Crippen molar-refractivity contribution in [2.75, 3.05) is 37.9 Å². The van der Waals surface area contributed by atoms with Crippen LogP contribution >= 0.6 is 11.6 Å². The number of rotatable bonds is 10. The van der Waals surface area contributed by atoms with Crippen LogP contribution in [-0.4, -0.2) is 81.3 Å². The topological polar surface area (TPSA) is 162 Å². The number of aliphatic carboxylic acids is 2. The molecule has 2 heterocycles. The number of anilines is 3. The number of carbonyl (C=O) groups is 2. The van der Waals surface area contributed by atoms with Gasteiger partial charge in [-0.2, -0.15) is 15.0 Å². The number of benzene rings is 1. The molecule has 0 bridgehead atoms. The number of nitrogens with one attached hydrogen (secondary N) is 3. The van der Waals surface area contributed by atoms with E-state index in [1.807, 2.05) is 18.2 Å². The zero-order valence-electron chi connectivity index (χ0n) is 23.2. The molecule has 0 unspecified atom stereocenters. The van der Waals surface area contributed by atoms with Gasteiger partial charge in [-0.1, -0.05) is 37.3 Å². The van der Waals surface area contributed by atoms with E-state index in [1.54, 1.807) is 7.11 Å². The van der Waals surface area contributed by atoms with E-state index in [0.717, 1.165) is 50.3 Å². The molecule has 1 aliphatic carbocycles. The maximum absolute atomic E-state index is 9.43. The molecule has 1 aromatic heterocycles. The van der Waals surface area contributed by atoms with Gasteiger partial charge in [0, 0.05) is 17.8 Å². The van der Waals surface area contributed by atoms with Crippen molar-refractivity contribution in [3.05, 3.63) is 29.0 Å². The van der Waals surface area contributed by atoms with Crippen LogP contribution in [0.15, 0.2) is 18.2 Å². The van der Waals surface area contributed by atoms with Gasteiger partial charge in [0.1, 0.15) is 18.0 Å². The SMILES string of the molecule is COc1ccc(Nc2nc(CNC3CCN(C)CC3)nc(NC3CCCCCC3)n2)cc1Cl.O=C(O)CC(=O)O. The van der Waals surface area contributed by atoms with Gasteiger partial charge in [0.2, 0.25) is 11.9 Å². The maximum atomic E-state index is 9.43. The number of piperidine rings is 1. The van der Waals surface area contributed by atoms with Gasteiger partial charge in [0.15, 0.2) is 0 Å². The lowest BCUT2D eigenvalue weighted by atomic mass is 10.1. The molecule has 12 nitrogen and oxygen atoms in total. The largest absolute Gasteiger partial charge is 0.495 e. The molecule has 0 amide bonds. The molecule has 0 spiro atoms. The monoisotopic (exact) mass is 577 g/mol. The van der Waals surface area contributed by atoms with Gasteiger partial charge in [-0.3, -0.25) is 9.59 Å². The predicted octanol–water partition coefficient (Wildman–Crippen LogP) is 4.14. The Bertz CT molecular complexity index is 1090. The highest BCUT2D eigenvalue weighted by molar-refractivity contribution is 6.32. The second kappa shape index (κ2) is 16.1. The average Bonchev–Trinajstić information content (AvgIpc) is 3.17. The number of hydrogen-bond donors (Lipinski definition) is 5. The van der Waals surface area contributed by atoms with E-state index in [9.17, 15) is 9.59 Å². The molecule has 0 radical (unpaired) electrons. The van der Waals surface area contributed by atoms with Gasteiger partial charge in [-0.25, -0.2) is 0 Å². The molecule has 1 saturated carbocycles. The Kier molecular flexibility index (Phi) is 12.6. The fourth-order valence-electron chi connectivity index (χ4n) is 4.68. The van der Waals surface area contributed by atoms with Gasteiger partial charge in [-0.05, 0) is 64.0 Å². The first kappa shape index (κ1) is 31.3. The molecular weight excluding hydrogens is 538 g/mol. The second-order valence-corrected chi connectivity index (χ2v) is 10.5. The fourth-order valence-corrected chi connectivity index (χ4v) is 4.93. The highest BCUT2D eigenvalue weighted by Crippen LogP contribution is 2.28. The average molecular weight is 578 g/mol. The smallest absolute Gasteiger partial charge is 0.314 e. The number of carboxylic acid groups (broad SMARTS) is 2. The summed E-state index contributed by atoms with van der Waals surface area (Å²) in [6.07, 6.45) is 8.93. The Morgan fingerprint density at radius 2 is 1.62 bits per heavy atom. The van der Waals surface area contributed by atoms with Crippen molar-refractivity contribution in [1.82, 2.24) is 25.2 Å². The Morgan fingerprint density at radius 1 is 0.975 bits per heavy atom. The molecule has 1 saturated heterocycles. The lowest BCUT2D eigenvalue weighted by Gasteiger charge is -2.29. The van der Waals surface area contributed by atoms with Gasteiger partial charge in [-0.15, -0.1) is 0 Å². The molecule has 1 aromatic carbocycles. The van der Waals surface area contributed by atoms with Crippen molar-refractivity contribution in [2.24, 2.45) is 0 Å². The Hall–Kier alpha value is -3.22. The van der Waals surface area contributed by atoms with Crippen molar-refractivity contribution in [3.63, 3.8) is 0 Å². The predicted molar refractivity (Wildman–Crippen MR) is 153 cm³/mol. The highest BCUT2D eigenvalue weighted by atomic mass is 35.5. The summed E-state index contributed by atoms with van der Waals surface area (Å²) < 4.78 is 5.26. The zero-order valence-corrected chi connectivity index (χ0v) is 23.9. The third kappa shape index (κ3) is 11.1. The molecule has 1 aliphatic heterocycles. The van der Waals surface area contributed by atoms with E-state index in [2.05, 4.69) is 32.9 Å². The van der Waals surface area contributed by atoms with Crippen molar-refractivity contribution < 1.29 is 24.5 Å². The second-order valence-electron chi connectivity index (χ2n) is 10.1. The standard InChI is InChI=1S/C24H36ClN7O.C3H4O4/c1-32-13-11-17(12-14-32)26-16-22-29-23(27-18-7-5-3-4-6-8-18)31-24(30-22)28-19-9-10-21(33-2)20(25)15-19;4-2(5)1-3(6)7/h9-10,15,17-18,26H,3-8,11-14,16H2,1-2H3,(H2,27,28,29,30,31);1H2,(H,4,5)(H,6,7). The van der Waals surface area contributed by atoms with Crippen LogP contribution in [0.4, 0.5) is 17.6 Å². The van der Waals surface area contributed by atoms with E-state index in [0.29, 0.717) is 41.3 Å². The molecule has 5 N–H and O–H groups in total. The van der Waals surface area contributed by atoms with E-state index >= 15 is 0 Å². The number of halogens is 1. The van der Waals surface area contributed by atoms with Crippen LogP contribution < -0.4 is 20.7 Å². The maximum Gasteiger partial charge on any atom is 0.314 e. The molecule has 220 valence electrons. The number of ether oxygens (including phenoxy) is 1. The highest BCUT2D eigenvalue weighted by Gasteiger charge is 2.18. The lowest BCUT2D eigenvalue weighted by molar-refractivity contribution is -0.147. The molecular formula is C27H40ClN7O5. The zero-order chi connectivity index (χ0) is 28.9. The number of aromatic nitrogens is 3. The summed E-state index contributed by atoms with van der Waals surface area (Å²) in [4.78, 5) is 35.4. The Labute approximate surface area is 239 Å². The Balaban J connectivity index is 0.000000559. The summed E-state index contributed by atoms with van der Waals surface area (Å²) in [6.45, 7) is 2.86. The van der Waals surface area contributed by atoms with Crippen LogP contribution in [0.3, 0.4) is 0 Å². The first-order chi connectivity index (χ1) is 19.2. The minimum absolute atomic E-state index is 0.410. The molecule has 0 atom stereocenters. The summed E-state index contributed by atoms with van der Waals surface area (Å²) in [5.41, 5.74) is 0.807. The van der Waals surface area contributed by atoms with Gasteiger partial charge < -0.3 is 35.8 Å². The first-order valence-corrected chi connectivity index (χ1v) is 14.1. The van der Waals surface area contributed by atoms with E-state index in [-0.39, 0.29) is 0 Å². The normalized spacial score (nSPS) is 16.8. The number of likely N-dealkylation sites (tertiary alicyclic amines) is 1. The quantitative estimate of drug-likeness (QED) is 0.203. The summed E-state index contributed by atoms with van der Waals surface area (Å²) in [5, 5.41) is 26.5. The minimum atomic E-state index is -1.31. The lowest BCUT2D eigenvalue weighted by Crippen LogP contribution is -2.40. The van der Waals surface area contributed by atoms with Crippen LogP contribution in [0.25, 0.3) is 0 Å².